The zero-order valence-electron chi connectivity index (χ0n) is 5.91. The quantitative estimate of drug-likeness (QED) is 0.690. The van der Waals surface area contributed by atoms with Crippen LogP contribution in [0, 0.1) is 15.2 Å². The van der Waals surface area contributed by atoms with E-state index in [4.69, 9.17) is 9.68 Å². The summed E-state index contributed by atoms with van der Waals surface area (Å²) in [5.74, 6) is 0. The van der Waals surface area contributed by atoms with Crippen molar-refractivity contribution >= 4 is 33.7 Å². The van der Waals surface area contributed by atoms with Crippen molar-refractivity contribution in [3.8, 4) is 6.07 Å². The SMILES string of the molecule is N#Cc1ccc2nc(I)oc2c1. The molecule has 2 aromatic rings. The Hall–Kier alpha value is -1.09. The van der Waals surface area contributed by atoms with Gasteiger partial charge in [-0.2, -0.15) is 5.26 Å². The smallest absolute Gasteiger partial charge is 0.258 e. The van der Waals surface area contributed by atoms with Crippen LogP contribution in [0.5, 0.6) is 0 Å². The van der Waals surface area contributed by atoms with Crippen LogP contribution in [0.15, 0.2) is 22.6 Å². The standard InChI is InChI=1S/C8H3IN2O/c9-8-11-6-2-1-5(4-10)3-7(6)12-8/h1-3H. The number of oxazole rings is 1. The molecule has 0 aliphatic heterocycles. The molecule has 0 saturated carbocycles. The van der Waals surface area contributed by atoms with Crippen molar-refractivity contribution in [2.45, 2.75) is 0 Å². The molecule has 1 aromatic heterocycles. The average molecular weight is 270 g/mol. The Bertz CT molecular complexity index is 469. The summed E-state index contributed by atoms with van der Waals surface area (Å²) < 4.78 is 5.83. The number of fused-ring (bicyclic) bond motifs is 1. The van der Waals surface area contributed by atoms with Crippen LogP contribution < -0.4 is 0 Å². The molecule has 0 amide bonds. The number of benzene rings is 1. The fraction of sp³-hybridized carbons (Fsp3) is 0. The van der Waals surface area contributed by atoms with Gasteiger partial charge in [0.25, 0.3) is 3.90 Å². The van der Waals surface area contributed by atoms with Crippen LogP contribution in [0.25, 0.3) is 11.1 Å². The third-order valence-corrected chi connectivity index (χ3v) is 1.95. The van der Waals surface area contributed by atoms with E-state index in [2.05, 4.69) is 4.98 Å². The molecule has 0 bridgehead atoms. The summed E-state index contributed by atoms with van der Waals surface area (Å²) in [5, 5.41) is 8.59. The van der Waals surface area contributed by atoms with Crippen LogP contribution in [0.3, 0.4) is 0 Å². The number of nitriles is 1. The van der Waals surface area contributed by atoms with Gasteiger partial charge in [0.2, 0.25) is 0 Å². The van der Waals surface area contributed by atoms with Crippen LogP contribution in [-0.4, -0.2) is 4.98 Å². The normalized spacial score (nSPS) is 10.0. The van der Waals surface area contributed by atoms with Crippen molar-refractivity contribution in [3.63, 3.8) is 0 Å². The third kappa shape index (κ3) is 1.16. The zero-order chi connectivity index (χ0) is 8.55. The molecule has 0 fully saturated rings. The van der Waals surface area contributed by atoms with Gasteiger partial charge in [0, 0.05) is 28.7 Å². The molecule has 3 nitrogen and oxygen atoms in total. The summed E-state index contributed by atoms with van der Waals surface area (Å²) in [6.07, 6.45) is 0. The van der Waals surface area contributed by atoms with Crippen LogP contribution >= 0.6 is 22.6 Å². The number of nitrogens with zero attached hydrogens (tertiary/aromatic N) is 2. The maximum atomic E-state index is 8.59. The van der Waals surface area contributed by atoms with E-state index in [0.29, 0.717) is 15.0 Å². The van der Waals surface area contributed by atoms with E-state index >= 15 is 0 Å². The summed E-state index contributed by atoms with van der Waals surface area (Å²) in [7, 11) is 0. The first-order valence-corrected chi connectivity index (χ1v) is 4.33. The molecule has 0 N–H and O–H groups in total. The highest BCUT2D eigenvalue weighted by Crippen LogP contribution is 2.17. The number of halogens is 1. The van der Waals surface area contributed by atoms with Crippen molar-refractivity contribution in [2.24, 2.45) is 0 Å². The molecular formula is C8H3IN2O. The van der Waals surface area contributed by atoms with Gasteiger partial charge in [-0.15, -0.1) is 0 Å². The highest BCUT2D eigenvalue weighted by molar-refractivity contribution is 14.1. The molecule has 12 heavy (non-hydrogen) atoms. The molecule has 0 saturated heterocycles. The minimum atomic E-state index is 0.593. The highest BCUT2D eigenvalue weighted by Gasteiger charge is 2.02. The largest absolute Gasteiger partial charge is 0.432 e. The highest BCUT2D eigenvalue weighted by atomic mass is 127. The molecule has 0 aliphatic carbocycles. The molecule has 0 unspecified atom stereocenters. The lowest BCUT2D eigenvalue weighted by Crippen LogP contribution is -1.72. The Morgan fingerprint density at radius 1 is 1.50 bits per heavy atom. The lowest BCUT2D eigenvalue weighted by atomic mass is 10.2. The Morgan fingerprint density at radius 2 is 2.33 bits per heavy atom. The molecule has 1 heterocycles. The van der Waals surface area contributed by atoms with Crippen molar-refractivity contribution in [1.82, 2.24) is 4.98 Å². The second-order valence-corrected chi connectivity index (χ2v) is 3.18. The fourth-order valence-corrected chi connectivity index (χ4v) is 1.46. The van der Waals surface area contributed by atoms with E-state index in [-0.39, 0.29) is 0 Å². The maximum absolute atomic E-state index is 8.59. The molecule has 4 heteroatoms. The Labute approximate surface area is 82.1 Å². The van der Waals surface area contributed by atoms with Crippen LogP contribution in [0.4, 0.5) is 0 Å². The second-order valence-electron chi connectivity index (χ2n) is 2.26. The molecule has 0 spiro atoms. The Kier molecular flexibility index (Phi) is 1.73. The van der Waals surface area contributed by atoms with Gasteiger partial charge in [-0.1, -0.05) is 0 Å². The first-order valence-electron chi connectivity index (χ1n) is 3.26. The molecule has 0 atom stereocenters. The lowest BCUT2D eigenvalue weighted by Gasteiger charge is -1.85. The minimum Gasteiger partial charge on any atom is -0.432 e. The predicted octanol–water partition coefficient (Wildman–Crippen LogP) is 2.30. The molecule has 58 valence electrons. The summed E-state index contributed by atoms with van der Waals surface area (Å²) in [5.41, 5.74) is 2.05. The van der Waals surface area contributed by atoms with Gasteiger partial charge in [-0.05, 0) is 12.1 Å². The van der Waals surface area contributed by atoms with Gasteiger partial charge in [0.1, 0.15) is 5.52 Å². The van der Waals surface area contributed by atoms with Crippen molar-refractivity contribution in [1.29, 1.82) is 5.26 Å². The number of hydrogen-bond donors (Lipinski definition) is 0. The third-order valence-electron chi connectivity index (χ3n) is 1.49. The van der Waals surface area contributed by atoms with Gasteiger partial charge in [-0.25, -0.2) is 4.98 Å². The van der Waals surface area contributed by atoms with Gasteiger partial charge in [0.15, 0.2) is 5.58 Å². The van der Waals surface area contributed by atoms with Gasteiger partial charge in [0.05, 0.1) is 11.6 Å². The van der Waals surface area contributed by atoms with Gasteiger partial charge in [-0.3, -0.25) is 0 Å². The summed E-state index contributed by atoms with van der Waals surface area (Å²) in [4.78, 5) is 4.10. The Balaban J connectivity index is 2.77. The van der Waals surface area contributed by atoms with Crippen LogP contribution in [-0.2, 0) is 0 Å². The van der Waals surface area contributed by atoms with E-state index in [0.717, 1.165) is 5.52 Å². The maximum Gasteiger partial charge on any atom is 0.258 e. The number of aromatic nitrogens is 1. The number of hydrogen-bond acceptors (Lipinski definition) is 3. The molecule has 2 rings (SSSR count). The molecular weight excluding hydrogens is 267 g/mol. The van der Waals surface area contributed by atoms with Gasteiger partial charge < -0.3 is 4.42 Å². The fourth-order valence-electron chi connectivity index (χ4n) is 0.966. The van der Waals surface area contributed by atoms with Crippen molar-refractivity contribution in [2.75, 3.05) is 0 Å². The zero-order valence-corrected chi connectivity index (χ0v) is 8.07. The molecule has 0 aliphatic rings. The molecule has 1 aromatic carbocycles. The number of rotatable bonds is 0. The monoisotopic (exact) mass is 270 g/mol. The van der Waals surface area contributed by atoms with E-state index in [1.165, 1.54) is 0 Å². The van der Waals surface area contributed by atoms with E-state index in [1.54, 1.807) is 18.2 Å². The van der Waals surface area contributed by atoms with Crippen LogP contribution in [0.1, 0.15) is 5.56 Å². The average Bonchev–Trinajstić information content (AvgIpc) is 2.43. The first kappa shape index (κ1) is 7.55. The van der Waals surface area contributed by atoms with Crippen molar-refractivity contribution < 1.29 is 4.42 Å². The lowest BCUT2D eigenvalue weighted by molar-refractivity contribution is 0.566. The molecule has 0 radical (unpaired) electrons. The van der Waals surface area contributed by atoms with E-state index in [9.17, 15) is 0 Å². The Morgan fingerprint density at radius 3 is 3.08 bits per heavy atom. The van der Waals surface area contributed by atoms with Crippen molar-refractivity contribution in [3.05, 3.63) is 27.7 Å². The summed E-state index contributed by atoms with van der Waals surface area (Å²) in [6, 6.07) is 7.22. The van der Waals surface area contributed by atoms with E-state index in [1.807, 2.05) is 28.7 Å². The second kappa shape index (κ2) is 2.75. The van der Waals surface area contributed by atoms with Crippen LogP contribution in [0.2, 0.25) is 0 Å². The van der Waals surface area contributed by atoms with Gasteiger partial charge >= 0.3 is 0 Å². The topological polar surface area (TPSA) is 49.8 Å². The first-order chi connectivity index (χ1) is 5.79. The van der Waals surface area contributed by atoms with E-state index < -0.39 is 0 Å². The minimum absolute atomic E-state index is 0.593. The summed E-state index contributed by atoms with van der Waals surface area (Å²) in [6.45, 7) is 0. The summed E-state index contributed by atoms with van der Waals surface area (Å²) >= 11 is 2.00. The predicted molar refractivity (Wildman–Crippen MR) is 51.4 cm³/mol.